The average molecular weight is 354 g/mol. The topological polar surface area (TPSA) is 3.88 Å². The molecule has 0 saturated carbocycles. The van der Waals surface area contributed by atoms with Gasteiger partial charge < -0.3 is 0 Å². The molecular formula is C26H24N+. The summed E-state index contributed by atoms with van der Waals surface area (Å²) in [5.41, 5.74) is 9.27. The summed E-state index contributed by atoms with van der Waals surface area (Å²) in [4.78, 5) is 0. The van der Waals surface area contributed by atoms with Crippen LogP contribution >= 0.6 is 0 Å². The number of benzene rings is 3. The Hall–Kier alpha value is -2.93. The van der Waals surface area contributed by atoms with Crippen LogP contribution in [-0.4, -0.2) is 0 Å². The molecule has 0 saturated heterocycles. The molecule has 1 aliphatic carbocycles. The smallest absolute Gasteiger partial charge is 0.201 e. The van der Waals surface area contributed by atoms with Crippen molar-refractivity contribution in [3.05, 3.63) is 89.1 Å². The van der Waals surface area contributed by atoms with Gasteiger partial charge in [-0.25, -0.2) is 4.57 Å². The number of rotatable bonds is 1. The van der Waals surface area contributed by atoms with E-state index in [-0.39, 0.29) is 0 Å². The van der Waals surface area contributed by atoms with Gasteiger partial charge in [-0.2, -0.15) is 0 Å². The molecule has 4 aromatic rings. The Morgan fingerprint density at radius 2 is 1.78 bits per heavy atom. The van der Waals surface area contributed by atoms with Crippen molar-refractivity contribution in [3.63, 3.8) is 0 Å². The standard InChI is InChI=1S/C26H24N/c1-17-8-15-24(27(3)16-17)25-18(2)9-13-23-22(25)14-12-20-11-10-19-6-4-5-7-21(19)26(20)23/h4-11,13,15-16H,12,14H2,1-3H3/q+1/i1D3. The fourth-order valence-corrected chi connectivity index (χ4v) is 4.59. The first-order valence-electron chi connectivity index (χ1n) is 11.0. The Labute approximate surface area is 165 Å². The molecule has 5 rings (SSSR count). The molecule has 1 heterocycles. The van der Waals surface area contributed by atoms with E-state index in [1.165, 1.54) is 44.2 Å². The fraction of sp³-hybridized carbons (Fsp3) is 0.192. The Morgan fingerprint density at radius 3 is 2.63 bits per heavy atom. The Kier molecular flexibility index (Phi) is 2.98. The van der Waals surface area contributed by atoms with Crippen molar-refractivity contribution in [2.45, 2.75) is 26.6 Å². The second-order valence-corrected chi connectivity index (χ2v) is 7.52. The molecule has 0 atom stereocenters. The fourth-order valence-electron chi connectivity index (χ4n) is 4.59. The molecule has 0 amide bonds. The van der Waals surface area contributed by atoms with E-state index in [0.29, 0.717) is 5.56 Å². The summed E-state index contributed by atoms with van der Waals surface area (Å²) in [6, 6.07) is 21.2. The molecule has 1 heteroatoms. The first kappa shape index (κ1) is 13.3. The number of fused-ring (bicyclic) bond motifs is 5. The molecule has 3 aromatic carbocycles. The molecule has 132 valence electrons. The quantitative estimate of drug-likeness (QED) is 0.386. The highest BCUT2D eigenvalue weighted by Crippen LogP contribution is 2.42. The Morgan fingerprint density at radius 1 is 0.889 bits per heavy atom. The summed E-state index contributed by atoms with van der Waals surface area (Å²) >= 11 is 0. The highest BCUT2D eigenvalue weighted by molar-refractivity contribution is 6.00. The van der Waals surface area contributed by atoms with E-state index in [9.17, 15) is 0 Å². The number of nitrogens with zero attached hydrogens (tertiary/aromatic N) is 1. The molecule has 1 aliphatic rings. The van der Waals surface area contributed by atoms with Gasteiger partial charge in [-0.3, -0.25) is 0 Å². The van der Waals surface area contributed by atoms with Crippen LogP contribution in [0.2, 0.25) is 0 Å². The summed E-state index contributed by atoms with van der Waals surface area (Å²) in [5, 5.41) is 2.56. The summed E-state index contributed by atoms with van der Waals surface area (Å²) in [7, 11) is 1.94. The van der Waals surface area contributed by atoms with E-state index in [1.807, 2.05) is 17.7 Å². The predicted molar refractivity (Wildman–Crippen MR) is 113 cm³/mol. The summed E-state index contributed by atoms with van der Waals surface area (Å²) in [5.74, 6) is 0. The minimum absolute atomic E-state index is 0.368. The van der Waals surface area contributed by atoms with Crippen molar-refractivity contribution in [1.29, 1.82) is 0 Å². The van der Waals surface area contributed by atoms with Crippen molar-refractivity contribution in [2.75, 3.05) is 0 Å². The monoisotopic (exact) mass is 353 g/mol. The van der Waals surface area contributed by atoms with E-state index in [0.717, 1.165) is 18.5 Å². The molecule has 1 nitrogen and oxygen atoms in total. The molecule has 1 aromatic heterocycles. The lowest BCUT2D eigenvalue weighted by Gasteiger charge is -2.24. The average Bonchev–Trinajstić information content (AvgIpc) is 2.73. The molecule has 0 spiro atoms. The van der Waals surface area contributed by atoms with Gasteiger partial charge in [-0.1, -0.05) is 48.5 Å². The highest BCUT2D eigenvalue weighted by Gasteiger charge is 2.25. The van der Waals surface area contributed by atoms with Crippen molar-refractivity contribution >= 4 is 10.8 Å². The molecule has 0 unspecified atom stereocenters. The van der Waals surface area contributed by atoms with Crippen LogP contribution in [-0.2, 0) is 19.9 Å². The van der Waals surface area contributed by atoms with Crippen LogP contribution in [0.15, 0.2) is 66.9 Å². The maximum absolute atomic E-state index is 7.72. The van der Waals surface area contributed by atoms with E-state index in [1.54, 1.807) is 12.3 Å². The van der Waals surface area contributed by atoms with Crippen LogP contribution in [0.4, 0.5) is 0 Å². The molecule has 0 fully saturated rings. The Bertz CT molecular complexity index is 1300. The van der Waals surface area contributed by atoms with Crippen molar-refractivity contribution in [3.8, 4) is 22.4 Å². The summed E-state index contributed by atoms with van der Waals surface area (Å²) < 4.78 is 25.1. The van der Waals surface area contributed by atoms with Gasteiger partial charge in [-0.15, -0.1) is 0 Å². The summed E-state index contributed by atoms with van der Waals surface area (Å²) in [6.07, 6.45) is 3.74. The molecule has 27 heavy (non-hydrogen) atoms. The lowest BCUT2D eigenvalue weighted by Crippen LogP contribution is -2.31. The van der Waals surface area contributed by atoms with Gasteiger partial charge in [0.25, 0.3) is 0 Å². The van der Waals surface area contributed by atoms with Gasteiger partial charge in [0.15, 0.2) is 6.20 Å². The number of aryl methyl sites for hydroxylation is 4. The number of hydrogen-bond donors (Lipinski definition) is 0. The zero-order valence-corrected chi connectivity index (χ0v) is 15.7. The van der Waals surface area contributed by atoms with Crippen LogP contribution in [0.25, 0.3) is 33.2 Å². The first-order chi connectivity index (χ1) is 14.3. The van der Waals surface area contributed by atoms with Crippen LogP contribution in [0.1, 0.15) is 26.4 Å². The van der Waals surface area contributed by atoms with Gasteiger partial charge in [0.2, 0.25) is 5.69 Å². The zero-order chi connectivity index (χ0) is 21.0. The van der Waals surface area contributed by atoms with Crippen molar-refractivity contribution in [1.82, 2.24) is 0 Å². The maximum Gasteiger partial charge on any atom is 0.212 e. The third-order valence-corrected chi connectivity index (χ3v) is 5.84. The van der Waals surface area contributed by atoms with Gasteiger partial charge in [0.05, 0.1) is 5.56 Å². The third kappa shape index (κ3) is 2.49. The minimum atomic E-state index is -2.10. The lowest BCUT2D eigenvalue weighted by atomic mass is 9.79. The van der Waals surface area contributed by atoms with Gasteiger partial charge >= 0.3 is 0 Å². The van der Waals surface area contributed by atoms with Crippen LogP contribution in [0, 0.1) is 13.8 Å². The van der Waals surface area contributed by atoms with Gasteiger partial charge in [0.1, 0.15) is 7.05 Å². The van der Waals surface area contributed by atoms with Gasteiger partial charge in [0, 0.05) is 15.7 Å². The first-order valence-corrected chi connectivity index (χ1v) is 9.48. The number of pyridine rings is 1. The largest absolute Gasteiger partial charge is 0.212 e. The Balaban J connectivity index is 1.77. The molecular weight excluding hydrogens is 326 g/mol. The van der Waals surface area contributed by atoms with Crippen molar-refractivity contribution < 1.29 is 8.68 Å². The van der Waals surface area contributed by atoms with Gasteiger partial charge in [-0.05, 0) is 71.3 Å². The number of hydrogen-bond acceptors (Lipinski definition) is 0. The van der Waals surface area contributed by atoms with E-state index < -0.39 is 6.85 Å². The molecule has 0 radical (unpaired) electrons. The third-order valence-electron chi connectivity index (χ3n) is 5.84. The minimum Gasteiger partial charge on any atom is -0.201 e. The maximum atomic E-state index is 7.72. The second kappa shape index (κ2) is 6.06. The highest BCUT2D eigenvalue weighted by atomic mass is 14.9. The van der Waals surface area contributed by atoms with E-state index in [4.69, 9.17) is 4.11 Å². The van der Waals surface area contributed by atoms with E-state index >= 15 is 0 Å². The van der Waals surface area contributed by atoms with Crippen LogP contribution in [0.3, 0.4) is 0 Å². The molecule has 0 N–H and O–H groups in total. The number of aromatic nitrogens is 1. The van der Waals surface area contributed by atoms with Crippen LogP contribution in [0.5, 0.6) is 0 Å². The van der Waals surface area contributed by atoms with Crippen molar-refractivity contribution in [2.24, 2.45) is 7.05 Å². The predicted octanol–water partition coefficient (Wildman–Crippen LogP) is 5.71. The van der Waals surface area contributed by atoms with E-state index in [2.05, 4.69) is 55.5 Å². The molecule has 0 bridgehead atoms. The van der Waals surface area contributed by atoms with Crippen LogP contribution < -0.4 is 4.57 Å². The SMILES string of the molecule is [2H]C([2H])([2H])c1ccc(-c2c(C)ccc3c2CCc2ccc4ccccc4c2-3)[n+](C)c1. The normalized spacial score (nSPS) is 14.8. The lowest BCUT2D eigenvalue weighted by molar-refractivity contribution is -0.660. The summed E-state index contributed by atoms with van der Waals surface area (Å²) in [6.45, 7) is 0.0468. The zero-order valence-electron chi connectivity index (χ0n) is 18.7. The second-order valence-electron chi connectivity index (χ2n) is 7.52. The molecule has 0 aliphatic heterocycles.